The molecule has 0 saturated heterocycles. The molecule has 0 bridgehead atoms. The Morgan fingerprint density at radius 1 is 1.05 bits per heavy atom. The van der Waals surface area contributed by atoms with Crippen LogP contribution in [-0.4, -0.2) is 26.2 Å². The molecule has 0 radical (unpaired) electrons. The first-order chi connectivity index (χ1) is 9.83. The van der Waals surface area contributed by atoms with Crippen molar-refractivity contribution in [2.45, 2.75) is 13.0 Å². The van der Waals surface area contributed by atoms with Crippen LogP contribution in [-0.2, 0) is 13.0 Å². The molecule has 0 unspecified atom stereocenters. The monoisotopic (exact) mass is 268 g/mol. The van der Waals surface area contributed by atoms with Crippen LogP contribution in [0.5, 0.6) is 5.75 Å². The highest BCUT2D eigenvalue weighted by atomic mass is 16.3. The summed E-state index contributed by atoms with van der Waals surface area (Å²) in [6, 6.07) is 13.1. The van der Waals surface area contributed by atoms with Gasteiger partial charge in [0.1, 0.15) is 11.6 Å². The number of phenolic OH excluding ortho intramolecular Hbond substituents is 1. The minimum absolute atomic E-state index is 0.295. The third kappa shape index (κ3) is 2.78. The molecule has 0 aliphatic carbocycles. The van der Waals surface area contributed by atoms with E-state index in [4.69, 9.17) is 0 Å². The fourth-order valence-electron chi connectivity index (χ4n) is 2.11. The molecule has 102 valence electrons. The lowest BCUT2D eigenvalue weighted by Crippen LogP contribution is -2.17. The zero-order chi connectivity index (χ0) is 13.8. The molecule has 0 aliphatic heterocycles. The van der Waals surface area contributed by atoms with Crippen molar-refractivity contribution in [3.8, 4) is 5.75 Å². The van der Waals surface area contributed by atoms with Crippen LogP contribution in [0.4, 0.5) is 0 Å². The van der Waals surface area contributed by atoms with Gasteiger partial charge in [-0.1, -0.05) is 18.2 Å². The van der Waals surface area contributed by atoms with E-state index in [1.54, 1.807) is 12.1 Å². The van der Waals surface area contributed by atoms with Gasteiger partial charge in [0.25, 0.3) is 0 Å². The molecule has 5 nitrogen and oxygen atoms in total. The van der Waals surface area contributed by atoms with E-state index in [2.05, 4.69) is 15.5 Å². The summed E-state index contributed by atoms with van der Waals surface area (Å²) >= 11 is 0. The average Bonchev–Trinajstić information content (AvgIpc) is 2.89. The molecule has 0 spiro atoms. The number of aromatic hydroxyl groups is 1. The lowest BCUT2D eigenvalue weighted by Gasteiger charge is -2.04. The number of fused-ring (bicyclic) bond motifs is 1. The standard InChI is InChI=1S/C15H16N4O/c20-13-6-4-12(5-7-13)11-16-9-8-15-18-17-14-3-1-2-10-19(14)15/h1-7,10,16,20H,8-9,11H2. The Kier molecular flexibility index (Phi) is 3.60. The Bertz CT molecular complexity index is 690. The van der Waals surface area contributed by atoms with Crippen LogP contribution in [0.3, 0.4) is 0 Å². The molecule has 0 fully saturated rings. The summed E-state index contributed by atoms with van der Waals surface area (Å²) in [6.45, 7) is 1.60. The van der Waals surface area contributed by atoms with Gasteiger partial charge in [-0.15, -0.1) is 10.2 Å². The lowest BCUT2D eigenvalue weighted by atomic mass is 10.2. The van der Waals surface area contributed by atoms with E-state index in [1.165, 1.54) is 0 Å². The number of pyridine rings is 1. The fraction of sp³-hybridized carbons (Fsp3) is 0.200. The van der Waals surface area contributed by atoms with E-state index in [-0.39, 0.29) is 0 Å². The Labute approximate surface area is 116 Å². The number of nitrogens with one attached hydrogen (secondary N) is 1. The molecule has 2 heterocycles. The largest absolute Gasteiger partial charge is 0.508 e. The van der Waals surface area contributed by atoms with E-state index in [0.717, 1.165) is 36.5 Å². The first-order valence-corrected chi connectivity index (χ1v) is 6.60. The molecule has 0 amide bonds. The Morgan fingerprint density at radius 3 is 2.75 bits per heavy atom. The summed E-state index contributed by atoms with van der Waals surface area (Å²) in [5, 5.41) is 20.9. The molecule has 2 N–H and O–H groups in total. The minimum atomic E-state index is 0.295. The van der Waals surface area contributed by atoms with Crippen LogP contribution in [0, 0.1) is 0 Å². The van der Waals surface area contributed by atoms with Crippen LogP contribution >= 0.6 is 0 Å². The van der Waals surface area contributed by atoms with Crippen LogP contribution in [0.1, 0.15) is 11.4 Å². The number of hydrogen-bond donors (Lipinski definition) is 2. The van der Waals surface area contributed by atoms with Gasteiger partial charge in [-0.3, -0.25) is 4.40 Å². The second-order valence-corrected chi connectivity index (χ2v) is 4.64. The van der Waals surface area contributed by atoms with Crippen molar-refractivity contribution in [3.63, 3.8) is 0 Å². The molecule has 0 aliphatic rings. The van der Waals surface area contributed by atoms with E-state index in [9.17, 15) is 5.11 Å². The van der Waals surface area contributed by atoms with Crippen LogP contribution < -0.4 is 5.32 Å². The number of hydrogen-bond acceptors (Lipinski definition) is 4. The normalized spacial score (nSPS) is 11.0. The van der Waals surface area contributed by atoms with Crippen molar-refractivity contribution >= 4 is 5.65 Å². The number of phenols is 1. The SMILES string of the molecule is Oc1ccc(CNCCc2nnc3ccccn23)cc1. The highest BCUT2D eigenvalue weighted by Gasteiger charge is 2.03. The van der Waals surface area contributed by atoms with Crippen LogP contribution in [0.2, 0.25) is 0 Å². The number of aromatic nitrogens is 3. The van der Waals surface area contributed by atoms with Crippen molar-refractivity contribution in [1.29, 1.82) is 0 Å². The molecule has 3 rings (SSSR count). The van der Waals surface area contributed by atoms with Crippen molar-refractivity contribution in [2.75, 3.05) is 6.54 Å². The fourth-order valence-corrected chi connectivity index (χ4v) is 2.11. The van der Waals surface area contributed by atoms with Crippen LogP contribution in [0.25, 0.3) is 5.65 Å². The predicted octanol–water partition coefficient (Wildman–Crippen LogP) is 1.77. The van der Waals surface area contributed by atoms with Crippen molar-refractivity contribution < 1.29 is 5.11 Å². The Hall–Kier alpha value is -2.40. The predicted molar refractivity (Wildman–Crippen MR) is 76.5 cm³/mol. The second-order valence-electron chi connectivity index (χ2n) is 4.64. The maximum atomic E-state index is 9.22. The summed E-state index contributed by atoms with van der Waals surface area (Å²) in [5.41, 5.74) is 2.02. The van der Waals surface area contributed by atoms with E-state index < -0.39 is 0 Å². The molecule has 5 heteroatoms. The molecule has 1 aromatic carbocycles. The van der Waals surface area contributed by atoms with Gasteiger partial charge in [0.2, 0.25) is 0 Å². The highest BCUT2D eigenvalue weighted by molar-refractivity contribution is 5.37. The summed E-state index contributed by atoms with van der Waals surface area (Å²) in [4.78, 5) is 0. The molecule has 3 aromatic rings. The first kappa shape index (κ1) is 12.6. The highest BCUT2D eigenvalue weighted by Crippen LogP contribution is 2.09. The van der Waals surface area contributed by atoms with Crippen LogP contribution in [0.15, 0.2) is 48.7 Å². The average molecular weight is 268 g/mol. The van der Waals surface area contributed by atoms with E-state index in [0.29, 0.717) is 5.75 Å². The number of rotatable bonds is 5. The summed E-state index contributed by atoms with van der Waals surface area (Å²) in [5.74, 6) is 1.25. The van der Waals surface area contributed by atoms with Gasteiger partial charge >= 0.3 is 0 Å². The van der Waals surface area contributed by atoms with Gasteiger partial charge < -0.3 is 10.4 Å². The van der Waals surface area contributed by atoms with E-state index in [1.807, 2.05) is 40.9 Å². The number of nitrogens with zero attached hydrogens (tertiary/aromatic N) is 3. The minimum Gasteiger partial charge on any atom is -0.508 e. The van der Waals surface area contributed by atoms with Gasteiger partial charge in [0, 0.05) is 25.7 Å². The Morgan fingerprint density at radius 2 is 1.90 bits per heavy atom. The summed E-state index contributed by atoms with van der Waals surface area (Å²) in [6.07, 6.45) is 2.80. The van der Waals surface area contributed by atoms with E-state index >= 15 is 0 Å². The third-order valence-corrected chi connectivity index (χ3v) is 3.18. The van der Waals surface area contributed by atoms with Gasteiger partial charge in [0.05, 0.1) is 0 Å². The molecular weight excluding hydrogens is 252 g/mol. The molecule has 2 aromatic heterocycles. The molecule has 0 saturated carbocycles. The van der Waals surface area contributed by atoms with Gasteiger partial charge in [-0.25, -0.2) is 0 Å². The first-order valence-electron chi connectivity index (χ1n) is 6.60. The maximum absolute atomic E-state index is 9.22. The lowest BCUT2D eigenvalue weighted by molar-refractivity contribution is 0.475. The smallest absolute Gasteiger partial charge is 0.160 e. The van der Waals surface area contributed by atoms with Crippen molar-refractivity contribution in [2.24, 2.45) is 0 Å². The third-order valence-electron chi connectivity index (χ3n) is 3.18. The van der Waals surface area contributed by atoms with Gasteiger partial charge in [-0.05, 0) is 29.8 Å². The maximum Gasteiger partial charge on any atom is 0.160 e. The second kappa shape index (κ2) is 5.71. The van der Waals surface area contributed by atoms with Gasteiger partial charge in [0.15, 0.2) is 5.65 Å². The summed E-state index contributed by atoms with van der Waals surface area (Å²) < 4.78 is 2.00. The molecular formula is C15H16N4O. The summed E-state index contributed by atoms with van der Waals surface area (Å²) in [7, 11) is 0. The van der Waals surface area contributed by atoms with Crippen molar-refractivity contribution in [3.05, 3.63) is 60.0 Å². The number of benzene rings is 1. The Balaban J connectivity index is 1.54. The zero-order valence-corrected chi connectivity index (χ0v) is 11.0. The van der Waals surface area contributed by atoms with Crippen molar-refractivity contribution in [1.82, 2.24) is 19.9 Å². The molecule has 0 atom stereocenters. The zero-order valence-electron chi connectivity index (χ0n) is 11.0. The topological polar surface area (TPSA) is 62.5 Å². The molecule has 20 heavy (non-hydrogen) atoms. The van der Waals surface area contributed by atoms with Gasteiger partial charge in [-0.2, -0.15) is 0 Å². The quantitative estimate of drug-likeness (QED) is 0.692.